The number of hydrogen-bond donors (Lipinski definition) is 0. The molecule has 2 heterocycles. The maximum atomic E-state index is 11.2. The normalized spacial score (nSPS) is 16.9. The second kappa shape index (κ2) is 14.0. The second-order valence-electron chi connectivity index (χ2n) is 17.5. The van der Waals surface area contributed by atoms with E-state index in [-0.39, 0.29) is 17.3 Å². The summed E-state index contributed by atoms with van der Waals surface area (Å²) in [7, 11) is 0. The highest BCUT2D eigenvalue weighted by Crippen LogP contribution is 2.57. The van der Waals surface area contributed by atoms with Gasteiger partial charge < -0.3 is 14.4 Å². The van der Waals surface area contributed by atoms with Gasteiger partial charge in [0.25, 0.3) is 0 Å². The molecule has 3 aliphatic carbocycles. The maximum Gasteiger partial charge on any atom is 0.101 e. The number of nitriles is 2. The van der Waals surface area contributed by atoms with Crippen LogP contribution >= 0.6 is 0 Å². The van der Waals surface area contributed by atoms with Crippen molar-refractivity contribution in [3.8, 4) is 40.1 Å². The van der Waals surface area contributed by atoms with Crippen molar-refractivity contribution in [3.63, 3.8) is 0 Å². The minimum atomic E-state index is -0.239. The zero-order valence-corrected chi connectivity index (χ0v) is 35.0. The summed E-state index contributed by atoms with van der Waals surface area (Å²) >= 11 is 0. The molecule has 298 valence electrons. The Morgan fingerprint density at radius 1 is 0.603 bits per heavy atom. The molecule has 4 aliphatic rings. The first kappa shape index (κ1) is 36.7. The van der Waals surface area contributed by atoms with Crippen LogP contribution in [0.5, 0.6) is 0 Å². The lowest BCUT2D eigenvalue weighted by molar-refractivity contribution is 0.661. The number of hydrogen-bond acceptors (Lipinski definition) is 4. The monoisotopic (exact) mass is 807 g/mol. The van der Waals surface area contributed by atoms with E-state index in [2.05, 4.69) is 204 Å². The van der Waals surface area contributed by atoms with Crippen LogP contribution < -0.4 is 9.80 Å². The van der Waals surface area contributed by atoms with Crippen LogP contribution in [-0.4, -0.2) is 4.57 Å². The molecule has 0 amide bonds. The predicted molar refractivity (Wildman–Crippen MR) is 256 cm³/mol. The van der Waals surface area contributed by atoms with Crippen LogP contribution in [0.2, 0.25) is 0 Å². The molecular weight excluding hydrogens is 767 g/mol. The number of rotatable bonds is 5. The van der Waals surface area contributed by atoms with Crippen molar-refractivity contribution < 1.29 is 0 Å². The number of nitrogens with zero attached hydrogens (tertiary/aromatic N) is 5. The molecule has 63 heavy (non-hydrogen) atoms. The molecule has 5 nitrogen and oxygen atoms in total. The van der Waals surface area contributed by atoms with E-state index in [1.165, 1.54) is 44.5 Å². The van der Waals surface area contributed by atoms with Gasteiger partial charge in [-0.15, -0.1) is 0 Å². The zero-order valence-electron chi connectivity index (χ0n) is 35.0. The fourth-order valence-electron chi connectivity index (χ4n) is 11.0. The molecule has 0 bridgehead atoms. The van der Waals surface area contributed by atoms with Crippen LogP contribution in [0.4, 0.5) is 28.4 Å². The third-order valence-electron chi connectivity index (χ3n) is 13.8. The predicted octanol–water partition coefficient (Wildman–Crippen LogP) is 14.3. The van der Waals surface area contributed by atoms with Gasteiger partial charge in [0.05, 0.1) is 33.7 Å². The molecule has 2 unspecified atom stereocenters. The van der Waals surface area contributed by atoms with Crippen LogP contribution in [0, 0.1) is 28.6 Å². The van der Waals surface area contributed by atoms with Crippen molar-refractivity contribution >= 4 is 45.4 Å². The van der Waals surface area contributed by atoms with E-state index in [0.717, 1.165) is 45.0 Å². The first-order valence-electron chi connectivity index (χ1n) is 21.7. The molecule has 0 fully saturated rings. The second-order valence-corrected chi connectivity index (χ2v) is 17.5. The summed E-state index contributed by atoms with van der Waals surface area (Å²) in [6.45, 7) is 5.22. The Morgan fingerprint density at radius 2 is 1.27 bits per heavy atom. The summed E-state index contributed by atoms with van der Waals surface area (Å²) in [6.07, 6.45) is 13.3. The number of aromatic nitrogens is 1. The molecule has 0 radical (unpaired) electrons. The van der Waals surface area contributed by atoms with Crippen molar-refractivity contribution in [2.45, 2.75) is 31.7 Å². The van der Waals surface area contributed by atoms with Gasteiger partial charge in [0.1, 0.15) is 12.1 Å². The fraction of sp³-hybridized carbons (Fsp3) is 0.103. The van der Waals surface area contributed by atoms with Crippen molar-refractivity contribution in [1.29, 1.82) is 10.5 Å². The minimum absolute atomic E-state index is 0.109. The molecule has 0 saturated carbocycles. The smallest absolute Gasteiger partial charge is 0.101 e. The van der Waals surface area contributed by atoms with E-state index in [1.54, 1.807) is 0 Å². The number of fused-ring (bicyclic) bond motifs is 12. The molecule has 1 aromatic heterocycles. The van der Waals surface area contributed by atoms with E-state index in [9.17, 15) is 10.5 Å². The van der Waals surface area contributed by atoms with Gasteiger partial charge in [-0.2, -0.15) is 10.5 Å². The van der Waals surface area contributed by atoms with Gasteiger partial charge in [-0.05, 0) is 106 Å². The van der Waals surface area contributed by atoms with Gasteiger partial charge in [0.15, 0.2) is 0 Å². The Labute approximate surface area is 367 Å². The van der Waals surface area contributed by atoms with Crippen LogP contribution in [-0.2, 0) is 12.0 Å². The molecule has 1 aliphatic heterocycles. The number of para-hydroxylation sites is 2. The third kappa shape index (κ3) is 5.40. The minimum Gasteiger partial charge on any atom is -0.335 e. The SMILES string of the molecule is CC1(C)c2ccccc2-c2ccc3c(c21)-c1ccccc1CN3c1cc(C#N)c(-n2c3c(c4cc(N(c5ccccc5)c5ccccc5)ccc42)C2C=CC=CC2C=C3)cc1C#N. The van der Waals surface area contributed by atoms with Crippen molar-refractivity contribution in [3.05, 3.63) is 221 Å². The Bertz CT molecular complexity index is 3350. The van der Waals surface area contributed by atoms with Crippen molar-refractivity contribution in [2.24, 2.45) is 5.92 Å². The first-order valence-corrected chi connectivity index (χ1v) is 21.7. The lowest BCUT2D eigenvalue weighted by atomic mass is 9.76. The van der Waals surface area contributed by atoms with E-state index >= 15 is 0 Å². The van der Waals surface area contributed by atoms with Gasteiger partial charge in [-0.25, -0.2) is 0 Å². The first-order chi connectivity index (χ1) is 30.9. The maximum absolute atomic E-state index is 11.2. The summed E-state index contributed by atoms with van der Waals surface area (Å²) in [5.41, 5.74) is 18.4. The van der Waals surface area contributed by atoms with Crippen LogP contribution in [0.25, 0.3) is 44.9 Å². The summed E-state index contributed by atoms with van der Waals surface area (Å²) in [6, 6.07) is 58.6. The summed E-state index contributed by atoms with van der Waals surface area (Å²) in [5, 5.41) is 23.4. The summed E-state index contributed by atoms with van der Waals surface area (Å²) in [4.78, 5) is 4.56. The largest absolute Gasteiger partial charge is 0.335 e. The Morgan fingerprint density at radius 3 is 2.03 bits per heavy atom. The topological polar surface area (TPSA) is 59.0 Å². The highest BCUT2D eigenvalue weighted by Gasteiger charge is 2.41. The number of benzene rings is 7. The van der Waals surface area contributed by atoms with Gasteiger partial charge in [0.2, 0.25) is 0 Å². The molecular formula is C58H41N5. The van der Waals surface area contributed by atoms with Crippen LogP contribution in [0.1, 0.15) is 58.8 Å². The number of allylic oxidation sites excluding steroid dienone is 5. The van der Waals surface area contributed by atoms with E-state index < -0.39 is 0 Å². The Hall–Kier alpha value is -8.12. The quantitative estimate of drug-likeness (QED) is 0.174. The van der Waals surface area contributed by atoms with Gasteiger partial charge >= 0.3 is 0 Å². The number of anilines is 5. The molecule has 5 heteroatoms. The lowest BCUT2D eigenvalue weighted by Gasteiger charge is -2.37. The highest BCUT2D eigenvalue weighted by molar-refractivity contribution is 5.99. The van der Waals surface area contributed by atoms with E-state index in [4.69, 9.17) is 0 Å². The molecule has 8 aromatic rings. The van der Waals surface area contributed by atoms with Crippen LogP contribution in [0.15, 0.2) is 182 Å². The highest BCUT2D eigenvalue weighted by atomic mass is 15.2. The third-order valence-corrected chi connectivity index (χ3v) is 13.8. The molecule has 0 spiro atoms. The van der Waals surface area contributed by atoms with Crippen molar-refractivity contribution in [1.82, 2.24) is 4.57 Å². The van der Waals surface area contributed by atoms with Crippen LogP contribution in [0.3, 0.4) is 0 Å². The lowest BCUT2D eigenvalue weighted by Crippen LogP contribution is -2.25. The molecule has 7 aromatic carbocycles. The van der Waals surface area contributed by atoms with Crippen molar-refractivity contribution in [2.75, 3.05) is 9.80 Å². The zero-order chi connectivity index (χ0) is 42.4. The Balaban J connectivity index is 1.06. The molecule has 2 atom stereocenters. The van der Waals surface area contributed by atoms with Gasteiger partial charge in [-0.3, -0.25) is 0 Å². The average molecular weight is 808 g/mol. The Kier molecular flexibility index (Phi) is 8.14. The summed E-state index contributed by atoms with van der Waals surface area (Å²) in [5.74, 6) is 0.316. The summed E-state index contributed by atoms with van der Waals surface area (Å²) < 4.78 is 2.22. The van der Waals surface area contributed by atoms with E-state index in [0.29, 0.717) is 23.4 Å². The average Bonchev–Trinajstić information content (AvgIpc) is 3.79. The van der Waals surface area contributed by atoms with Gasteiger partial charge in [0, 0.05) is 57.5 Å². The van der Waals surface area contributed by atoms with E-state index in [1.807, 2.05) is 24.3 Å². The molecule has 0 saturated heterocycles. The molecule has 12 rings (SSSR count). The van der Waals surface area contributed by atoms with Gasteiger partial charge in [-0.1, -0.05) is 135 Å². The fourth-order valence-corrected chi connectivity index (χ4v) is 11.0. The molecule has 0 N–H and O–H groups in total. The standard InChI is InChI=1S/C58H41N5/c1-58(2)49-24-14-13-23-46(49)47-27-30-51-56(57(47)58)45-22-12-10-16-38(45)36-61(51)53-31-40(35-60)54(32-39(53)34-59)63-50-29-26-43(62(41-17-5-3-6-18-41)42-19-7-4-8-20-42)33-48(50)55-44-21-11-9-15-37(44)25-28-52(55)63/h3-33,37,44H,36H2,1-2H3.